The standard InChI is InChI=1S/C14H10F3NO3/c15-14(16,17)8-21-12-11(9-4-2-1-3-5-9)6-10(7-18-12)13(19)20/h1-7H,8H2,(H,19,20). The highest BCUT2D eigenvalue weighted by Gasteiger charge is 2.29. The summed E-state index contributed by atoms with van der Waals surface area (Å²) in [6.45, 7) is -1.49. The second-order valence-electron chi connectivity index (χ2n) is 4.15. The highest BCUT2D eigenvalue weighted by atomic mass is 19.4. The molecule has 0 amide bonds. The lowest BCUT2D eigenvalue weighted by atomic mass is 10.1. The molecular weight excluding hydrogens is 287 g/mol. The van der Waals surface area contributed by atoms with Crippen LogP contribution in [0.5, 0.6) is 5.88 Å². The number of hydrogen-bond donors (Lipinski definition) is 1. The van der Waals surface area contributed by atoms with Gasteiger partial charge in [0.25, 0.3) is 0 Å². The highest BCUT2D eigenvalue weighted by Crippen LogP contribution is 2.30. The van der Waals surface area contributed by atoms with Crippen LogP contribution >= 0.6 is 0 Å². The topological polar surface area (TPSA) is 59.4 Å². The number of ether oxygens (including phenoxy) is 1. The Hall–Kier alpha value is -2.57. The Bertz CT molecular complexity index is 642. The summed E-state index contributed by atoms with van der Waals surface area (Å²) in [6.07, 6.45) is -3.54. The molecule has 0 fully saturated rings. The monoisotopic (exact) mass is 297 g/mol. The van der Waals surface area contributed by atoms with Gasteiger partial charge in [0.2, 0.25) is 5.88 Å². The molecule has 1 aromatic heterocycles. The maximum atomic E-state index is 12.2. The van der Waals surface area contributed by atoms with Crippen molar-refractivity contribution in [3.8, 4) is 17.0 Å². The van der Waals surface area contributed by atoms with Gasteiger partial charge < -0.3 is 9.84 Å². The third-order valence-corrected chi connectivity index (χ3v) is 2.56. The molecule has 2 rings (SSSR count). The van der Waals surface area contributed by atoms with Crippen LogP contribution in [0, 0.1) is 0 Å². The number of aromatic carboxylic acids is 1. The number of carboxylic acids is 1. The Balaban J connectivity index is 2.42. The van der Waals surface area contributed by atoms with E-state index in [0.29, 0.717) is 5.56 Å². The number of aromatic nitrogens is 1. The van der Waals surface area contributed by atoms with Crippen LogP contribution in [0.4, 0.5) is 13.2 Å². The van der Waals surface area contributed by atoms with Crippen molar-refractivity contribution in [2.75, 3.05) is 6.61 Å². The Labute approximate surface area is 117 Å². The number of pyridine rings is 1. The molecule has 0 aliphatic heterocycles. The number of alkyl halides is 3. The zero-order chi connectivity index (χ0) is 15.5. The van der Waals surface area contributed by atoms with Gasteiger partial charge in [-0.2, -0.15) is 13.2 Å². The molecular formula is C14H10F3NO3. The summed E-state index contributed by atoms with van der Waals surface area (Å²) in [5.41, 5.74) is 0.582. The summed E-state index contributed by atoms with van der Waals surface area (Å²) in [4.78, 5) is 14.6. The molecule has 1 N–H and O–H groups in total. The Morgan fingerprint density at radius 1 is 1.24 bits per heavy atom. The summed E-state index contributed by atoms with van der Waals surface area (Å²) >= 11 is 0. The molecule has 21 heavy (non-hydrogen) atoms. The van der Waals surface area contributed by atoms with E-state index < -0.39 is 18.8 Å². The van der Waals surface area contributed by atoms with Gasteiger partial charge in [-0.15, -0.1) is 0 Å². The average molecular weight is 297 g/mol. The molecule has 0 saturated carbocycles. The molecule has 2 aromatic rings. The number of rotatable bonds is 4. The molecule has 0 atom stereocenters. The largest absolute Gasteiger partial charge is 0.478 e. The van der Waals surface area contributed by atoms with Crippen molar-refractivity contribution in [1.82, 2.24) is 4.98 Å². The number of halogens is 3. The molecule has 7 heteroatoms. The SMILES string of the molecule is O=C(O)c1cnc(OCC(F)(F)F)c(-c2ccccc2)c1. The van der Waals surface area contributed by atoms with Gasteiger partial charge in [-0.1, -0.05) is 30.3 Å². The minimum atomic E-state index is -4.50. The Morgan fingerprint density at radius 2 is 1.90 bits per heavy atom. The number of carbonyl (C=O) groups is 1. The summed E-state index contributed by atoms with van der Waals surface area (Å²) in [6, 6.07) is 9.57. The molecule has 4 nitrogen and oxygen atoms in total. The molecule has 0 spiro atoms. The van der Waals surface area contributed by atoms with Gasteiger partial charge in [0.15, 0.2) is 6.61 Å². The smallest absolute Gasteiger partial charge is 0.422 e. The van der Waals surface area contributed by atoms with Crippen molar-refractivity contribution in [2.24, 2.45) is 0 Å². The van der Waals surface area contributed by atoms with Gasteiger partial charge >= 0.3 is 12.1 Å². The van der Waals surface area contributed by atoms with Crippen LogP contribution < -0.4 is 4.74 Å². The Morgan fingerprint density at radius 3 is 2.48 bits per heavy atom. The van der Waals surface area contributed by atoms with Gasteiger partial charge in [-0.25, -0.2) is 9.78 Å². The van der Waals surface area contributed by atoms with Crippen LogP contribution in [0.3, 0.4) is 0 Å². The second-order valence-corrected chi connectivity index (χ2v) is 4.15. The van der Waals surface area contributed by atoms with Crippen LogP contribution in [0.2, 0.25) is 0 Å². The van der Waals surface area contributed by atoms with E-state index in [1.165, 1.54) is 6.07 Å². The van der Waals surface area contributed by atoms with Crippen LogP contribution in [-0.2, 0) is 0 Å². The fourth-order valence-corrected chi connectivity index (χ4v) is 1.66. The molecule has 110 valence electrons. The predicted molar refractivity (Wildman–Crippen MR) is 68.2 cm³/mol. The number of hydrogen-bond acceptors (Lipinski definition) is 3. The third-order valence-electron chi connectivity index (χ3n) is 2.56. The van der Waals surface area contributed by atoms with E-state index in [2.05, 4.69) is 9.72 Å². The minimum absolute atomic E-state index is 0.131. The number of benzene rings is 1. The first kappa shape index (κ1) is 14.8. The maximum absolute atomic E-state index is 12.2. The van der Waals surface area contributed by atoms with Crippen molar-refractivity contribution in [1.29, 1.82) is 0 Å². The van der Waals surface area contributed by atoms with E-state index >= 15 is 0 Å². The van der Waals surface area contributed by atoms with Gasteiger partial charge in [-0.3, -0.25) is 0 Å². The van der Waals surface area contributed by atoms with Crippen molar-refractivity contribution >= 4 is 5.97 Å². The summed E-state index contributed by atoms with van der Waals surface area (Å²) < 4.78 is 41.4. The van der Waals surface area contributed by atoms with E-state index in [0.717, 1.165) is 6.20 Å². The van der Waals surface area contributed by atoms with E-state index in [9.17, 15) is 18.0 Å². The quantitative estimate of drug-likeness (QED) is 0.939. The summed E-state index contributed by atoms with van der Waals surface area (Å²) in [7, 11) is 0. The van der Waals surface area contributed by atoms with Crippen molar-refractivity contribution in [3.63, 3.8) is 0 Å². The molecule has 0 aliphatic carbocycles. The fourth-order valence-electron chi connectivity index (χ4n) is 1.66. The molecule has 0 unspecified atom stereocenters. The normalized spacial score (nSPS) is 11.2. The van der Waals surface area contributed by atoms with Gasteiger partial charge in [0, 0.05) is 11.8 Å². The fraction of sp³-hybridized carbons (Fsp3) is 0.143. The van der Waals surface area contributed by atoms with Gasteiger partial charge in [0.1, 0.15) is 0 Å². The van der Waals surface area contributed by atoms with Crippen molar-refractivity contribution in [3.05, 3.63) is 48.2 Å². The lowest BCUT2D eigenvalue weighted by Gasteiger charge is -2.12. The van der Waals surface area contributed by atoms with Gasteiger partial charge in [0.05, 0.1) is 5.56 Å². The Kier molecular flexibility index (Phi) is 4.11. The molecule has 0 bridgehead atoms. The van der Waals surface area contributed by atoms with E-state index in [1.54, 1.807) is 30.3 Å². The first-order chi connectivity index (χ1) is 9.87. The highest BCUT2D eigenvalue weighted by molar-refractivity contribution is 5.89. The zero-order valence-electron chi connectivity index (χ0n) is 10.6. The lowest BCUT2D eigenvalue weighted by Crippen LogP contribution is -2.20. The minimum Gasteiger partial charge on any atom is -0.478 e. The predicted octanol–water partition coefficient (Wildman–Crippen LogP) is 3.39. The summed E-state index contributed by atoms with van der Waals surface area (Å²) in [5.74, 6) is -1.48. The molecule has 0 saturated heterocycles. The molecule has 0 aliphatic rings. The van der Waals surface area contributed by atoms with E-state index in [1.807, 2.05) is 0 Å². The van der Waals surface area contributed by atoms with Crippen LogP contribution in [0.15, 0.2) is 42.6 Å². The molecule has 1 heterocycles. The molecule has 0 radical (unpaired) electrons. The number of nitrogens with zero attached hydrogens (tertiary/aromatic N) is 1. The maximum Gasteiger partial charge on any atom is 0.422 e. The lowest BCUT2D eigenvalue weighted by molar-refractivity contribution is -0.154. The van der Waals surface area contributed by atoms with E-state index in [-0.39, 0.29) is 17.0 Å². The first-order valence-corrected chi connectivity index (χ1v) is 5.85. The first-order valence-electron chi connectivity index (χ1n) is 5.85. The van der Waals surface area contributed by atoms with Crippen molar-refractivity contribution < 1.29 is 27.8 Å². The van der Waals surface area contributed by atoms with Crippen molar-refractivity contribution in [2.45, 2.75) is 6.18 Å². The average Bonchev–Trinajstić information content (AvgIpc) is 2.45. The third kappa shape index (κ3) is 3.95. The second kappa shape index (κ2) is 5.82. The molecule has 1 aromatic carbocycles. The zero-order valence-corrected chi connectivity index (χ0v) is 10.6. The van der Waals surface area contributed by atoms with Crippen LogP contribution in [0.25, 0.3) is 11.1 Å². The van der Waals surface area contributed by atoms with Gasteiger partial charge in [-0.05, 0) is 11.6 Å². The van der Waals surface area contributed by atoms with E-state index in [4.69, 9.17) is 5.11 Å². The number of carboxylic acid groups (broad SMARTS) is 1. The van der Waals surface area contributed by atoms with Crippen LogP contribution in [0.1, 0.15) is 10.4 Å². The summed E-state index contributed by atoms with van der Waals surface area (Å²) in [5, 5.41) is 8.95. The van der Waals surface area contributed by atoms with Crippen LogP contribution in [-0.4, -0.2) is 28.8 Å².